The van der Waals surface area contributed by atoms with Gasteiger partial charge in [0, 0.05) is 25.8 Å². The van der Waals surface area contributed by atoms with Gasteiger partial charge in [0.05, 0.1) is 5.25 Å². The Morgan fingerprint density at radius 3 is 2.32 bits per heavy atom. The highest BCUT2D eigenvalue weighted by Crippen LogP contribution is 2.28. The second-order valence-corrected chi connectivity index (χ2v) is 9.89. The molecular weight excluding hydrogens is 334 g/mol. The van der Waals surface area contributed by atoms with Crippen molar-refractivity contribution in [3.63, 3.8) is 0 Å². The van der Waals surface area contributed by atoms with E-state index in [1.54, 1.807) is 11.9 Å². The number of hydrogen-bond acceptors (Lipinski definition) is 3. The van der Waals surface area contributed by atoms with E-state index in [9.17, 15) is 13.2 Å². The maximum Gasteiger partial charge on any atom is 0.222 e. The van der Waals surface area contributed by atoms with Gasteiger partial charge in [0.2, 0.25) is 5.91 Å². The number of hydrogen-bond donors (Lipinski definition) is 0. The zero-order valence-electron chi connectivity index (χ0n) is 15.9. The number of carbonyl (C=O) groups is 1. The molecule has 1 aromatic rings. The fraction of sp³-hybridized carbons (Fsp3) is 0.650. The molecule has 25 heavy (non-hydrogen) atoms. The standard InChI is InChI=1S/C20H31NO3S/c1-15(2)17-12-9-16(10-13-17)11-14-20(22)21(3)18-7-5-6-8-19(18)25(4,23)24/h9-10,12-13,15,18-19H,5-8,11,14H2,1-4H3/t18-,19-/m1/s1. The normalized spacial score (nSPS) is 21.3. The average Bonchev–Trinajstić information content (AvgIpc) is 2.58. The van der Waals surface area contributed by atoms with E-state index in [4.69, 9.17) is 0 Å². The molecule has 0 aliphatic heterocycles. The summed E-state index contributed by atoms with van der Waals surface area (Å²) < 4.78 is 24.1. The monoisotopic (exact) mass is 365 g/mol. The highest BCUT2D eigenvalue weighted by atomic mass is 32.2. The highest BCUT2D eigenvalue weighted by molar-refractivity contribution is 7.91. The van der Waals surface area contributed by atoms with Crippen LogP contribution in [0.1, 0.15) is 63.0 Å². The lowest BCUT2D eigenvalue weighted by atomic mass is 9.93. The molecule has 0 heterocycles. The molecule has 4 nitrogen and oxygen atoms in total. The van der Waals surface area contributed by atoms with Gasteiger partial charge in [-0.3, -0.25) is 4.79 Å². The lowest BCUT2D eigenvalue weighted by Crippen LogP contribution is -2.49. The van der Waals surface area contributed by atoms with Gasteiger partial charge in [0.15, 0.2) is 9.84 Å². The van der Waals surface area contributed by atoms with E-state index in [0.29, 0.717) is 25.2 Å². The fourth-order valence-corrected chi connectivity index (χ4v) is 5.19. The molecule has 2 atom stereocenters. The van der Waals surface area contributed by atoms with Crippen molar-refractivity contribution in [2.24, 2.45) is 0 Å². The molecule has 0 radical (unpaired) electrons. The third kappa shape index (κ3) is 5.30. The van der Waals surface area contributed by atoms with E-state index < -0.39 is 15.1 Å². The quantitative estimate of drug-likeness (QED) is 0.774. The Labute approximate surface area is 152 Å². The summed E-state index contributed by atoms with van der Waals surface area (Å²) in [4.78, 5) is 14.3. The van der Waals surface area contributed by atoms with Crippen LogP contribution < -0.4 is 0 Å². The molecule has 140 valence electrons. The van der Waals surface area contributed by atoms with Crippen LogP contribution in [0, 0.1) is 0 Å². The Kier molecular flexibility index (Phi) is 6.66. The number of benzene rings is 1. The maximum absolute atomic E-state index is 12.6. The molecule has 2 rings (SSSR count). The minimum absolute atomic E-state index is 0.0356. The number of sulfone groups is 1. The predicted octanol–water partition coefficient (Wildman–Crippen LogP) is 3.56. The van der Waals surface area contributed by atoms with Crippen LogP contribution in [0.15, 0.2) is 24.3 Å². The van der Waals surface area contributed by atoms with E-state index in [1.165, 1.54) is 11.8 Å². The number of aryl methyl sites for hydroxylation is 1. The minimum Gasteiger partial charge on any atom is -0.341 e. The first-order valence-corrected chi connectivity index (χ1v) is 11.2. The van der Waals surface area contributed by atoms with E-state index >= 15 is 0 Å². The number of nitrogens with zero attached hydrogens (tertiary/aromatic N) is 1. The molecule has 0 unspecified atom stereocenters. The zero-order chi connectivity index (χ0) is 18.6. The summed E-state index contributed by atoms with van der Waals surface area (Å²) in [6.45, 7) is 4.33. The SMILES string of the molecule is CC(C)c1ccc(CCC(=O)N(C)[C@@H]2CCCC[C@H]2S(C)(=O)=O)cc1. The van der Waals surface area contributed by atoms with Crippen LogP contribution in [0.2, 0.25) is 0 Å². The third-order valence-electron chi connectivity index (χ3n) is 5.38. The number of rotatable bonds is 6. The molecule has 1 aliphatic carbocycles. The van der Waals surface area contributed by atoms with E-state index in [0.717, 1.165) is 24.8 Å². The molecule has 1 aromatic carbocycles. The molecule has 0 saturated heterocycles. The molecule has 0 bridgehead atoms. The molecule has 0 spiro atoms. The van der Waals surface area contributed by atoms with Gasteiger partial charge in [-0.05, 0) is 36.3 Å². The van der Waals surface area contributed by atoms with Crippen molar-refractivity contribution in [3.8, 4) is 0 Å². The van der Waals surface area contributed by atoms with Crippen molar-refractivity contribution >= 4 is 15.7 Å². The molecule has 5 heteroatoms. The van der Waals surface area contributed by atoms with E-state index in [2.05, 4.69) is 38.1 Å². The highest BCUT2D eigenvalue weighted by Gasteiger charge is 2.36. The van der Waals surface area contributed by atoms with Crippen molar-refractivity contribution in [2.75, 3.05) is 13.3 Å². The summed E-state index contributed by atoms with van der Waals surface area (Å²) in [6, 6.07) is 8.23. The lowest BCUT2D eigenvalue weighted by molar-refractivity contribution is -0.132. The Balaban J connectivity index is 1.97. The topological polar surface area (TPSA) is 54.5 Å². The number of amides is 1. The van der Waals surface area contributed by atoms with Crippen molar-refractivity contribution in [3.05, 3.63) is 35.4 Å². The van der Waals surface area contributed by atoms with Crippen LogP contribution in [0.4, 0.5) is 0 Å². The van der Waals surface area contributed by atoms with Gasteiger partial charge in [-0.25, -0.2) is 8.42 Å². The van der Waals surface area contributed by atoms with Gasteiger partial charge in [0.25, 0.3) is 0 Å². The fourth-order valence-electron chi connectivity index (χ4n) is 3.70. The molecule has 1 amide bonds. The average molecular weight is 366 g/mol. The predicted molar refractivity (Wildman–Crippen MR) is 103 cm³/mol. The van der Waals surface area contributed by atoms with Gasteiger partial charge in [-0.2, -0.15) is 0 Å². The maximum atomic E-state index is 12.6. The summed E-state index contributed by atoms with van der Waals surface area (Å²) in [5.41, 5.74) is 2.44. The van der Waals surface area contributed by atoms with Crippen LogP contribution in [0.3, 0.4) is 0 Å². The summed E-state index contributed by atoms with van der Waals surface area (Å²) in [6.07, 6.45) is 5.77. The molecule has 1 saturated carbocycles. The van der Waals surface area contributed by atoms with Gasteiger partial charge in [-0.15, -0.1) is 0 Å². The summed E-state index contributed by atoms with van der Waals surface area (Å²) in [7, 11) is -1.37. The van der Waals surface area contributed by atoms with Gasteiger partial charge >= 0.3 is 0 Å². The van der Waals surface area contributed by atoms with Crippen molar-refractivity contribution in [1.29, 1.82) is 0 Å². The Hall–Kier alpha value is -1.36. The van der Waals surface area contributed by atoms with Crippen LogP contribution >= 0.6 is 0 Å². The first-order chi connectivity index (χ1) is 11.7. The Morgan fingerprint density at radius 1 is 1.16 bits per heavy atom. The van der Waals surface area contributed by atoms with Gasteiger partial charge < -0.3 is 4.90 Å². The first-order valence-electron chi connectivity index (χ1n) is 9.23. The van der Waals surface area contributed by atoms with Gasteiger partial charge in [0.1, 0.15) is 0 Å². The molecule has 1 aliphatic rings. The Morgan fingerprint density at radius 2 is 1.76 bits per heavy atom. The molecule has 0 aromatic heterocycles. The van der Waals surface area contributed by atoms with Crippen molar-refractivity contribution in [1.82, 2.24) is 4.90 Å². The summed E-state index contributed by atoms with van der Waals surface area (Å²) in [5.74, 6) is 0.537. The second-order valence-electron chi connectivity index (χ2n) is 7.62. The van der Waals surface area contributed by atoms with Crippen LogP contribution in [-0.4, -0.2) is 43.8 Å². The van der Waals surface area contributed by atoms with Crippen LogP contribution in [-0.2, 0) is 21.1 Å². The second kappa shape index (κ2) is 8.35. The zero-order valence-corrected chi connectivity index (χ0v) is 16.7. The van der Waals surface area contributed by atoms with Crippen LogP contribution in [0.5, 0.6) is 0 Å². The molecule has 1 fully saturated rings. The summed E-state index contributed by atoms with van der Waals surface area (Å²) in [5, 5.41) is -0.416. The largest absolute Gasteiger partial charge is 0.341 e. The van der Waals surface area contributed by atoms with Gasteiger partial charge in [-0.1, -0.05) is 51.0 Å². The van der Waals surface area contributed by atoms with Crippen molar-refractivity contribution in [2.45, 2.75) is 69.6 Å². The number of carbonyl (C=O) groups excluding carboxylic acids is 1. The van der Waals surface area contributed by atoms with E-state index in [-0.39, 0.29) is 11.9 Å². The molecule has 0 N–H and O–H groups in total. The smallest absolute Gasteiger partial charge is 0.222 e. The van der Waals surface area contributed by atoms with Crippen molar-refractivity contribution < 1.29 is 13.2 Å². The third-order valence-corrected chi connectivity index (χ3v) is 7.03. The van der Waals surface area contributed by atoms with E-state index in [1.807, 2.05) is 0 Å². The first kappa shape index (κ1) is 20.0. The molecular formula is C20H31NO3S. The van der Waals surface area contributed by atoms with Crippen LogP contribution in [0.25, 0.3) is 0 Å². The minimum atomic E-state index is -3.13. The summed E-state index contributed by atoms with van der Waals surface area (Å²) >= 11 is 0. The lowest BCUT2D eigenvalue weighted by Gasteiger charge is -2.37. The Bertz CT molecular complexity index is 679.